The lowest BCUT2D eigenvalue weighted by atomic mass is 10.1. The maximum atomic E-state index is 12.5. The second-order valence-electron chi connectivity index (χ2n) is 6.70. The lowest BCUT2D eigenvalue weighted by Gasteiger charge is -2.29. The first-order valence-corrected chi connectivity index (χ1v) is 10.8. The Balaban J connectivity index is 1.51. The fraction of sp³-hybridized carbons (Fsp3) is 0.273. The van der Waals surface area contributed by atoms with Gasteiger partial charge in [-0.05, 0) is 55.3 Å². The number of fused-ring (bicyclic) bond motifs is 1. The van der Waals surface area contributed by atoms with Gasteiger partial charge >= 0.3 is 0 Å². The maximum Gasteiger partial charge on any atom is 0.265 e. The van der Waals surface area contributed by atoms with Gasteiger partial charge in [0.25, 0.3) is 5.91 Å². The Bertz CT molecular complexity index is 1000. The molecule has 2 heterocycles. The van der Waals surface area contributed by atoms with E-state index < -0.39 is 0 Å². The fourth-order valence-electron chi connectivity index (χ4n) is 3.16. The number of rotatable bonds is 7. The molecule has 0 bridgehead atoms. The van der Waals surface area contributed by atoms with Crippen LogP contribution in [0.5, 0.6) is 11.5 Å². The molecule has 3 aromatic rings. The number of thiazole rings is 1. The summed E-state index contributed by atoms with van der Waals surface area (Å²) >= 11 is 7.57. The number of aromatic nitrogens is 1. The van der Waals surface area contributed by atoms with Crippen LogP contribution in [0, 0.1) is 0 Å². The van der Waals surface area contributed by atoms with Gasteiger partial charge in [-0.15, -0.1) is 11.3 Å². The van der Waals surface area contributed by atoms with Crippen molar-refractivity contribution in [2.75, 3.05) is 24.7 Å². The van der Waals surface area contributed by atoms with Crippen LogP contribution in [-0.2, 0) is 11.2 Å². The second kappa shape index (κ2) is 8.84. The van der Waals surface area contributed by atoms with Crippen molar-refractivity contribution < 1.29 is 14.3 Å². The lowest BCUT2D eigenvalue weighted by Crippen LogP contribution is -2.41. The number of hydrogen-bond donors (Lipinski definition) is 0. The van der Waals surface area contributed by atoms with E-state index >= 15 is 0 Å². The lowest BCUT2D eigenvalue weighted by molar-refractivity contribution is -0.121. The summed E-state index contributed by atoms with van der Waals surface area (Å²) in [4.78, 5) is 18.9. The summed E-state index contributed by atoms with van der Waals surface area (Å²) in [6.07, 6.45) is 2.05. The zero-order valence-electron chi connectivity index (χ0n) is 16.1. The molecule has 29 heavy (non-hydrogen) atoms. The summed E-state index contributed by atoms with van der Waals surface area (Å²) in [5, 5.41) is 3.85. The van der Waals surface area contributed by atoms with Gasteiger partial charge in [0.1, 0.15) is 18.1 Å². The number of amides is 1. The molecule has 2 aromatic carbocycles. The number of nitrogens with zero attached hydrogens (tertiary/aromatic N) is 2. The summed E-state index contributed by atoms with van der Waals surface area (Å²) in [5.74, 6) is 1.33. The van der Waals surface area contributed by atoms with E-state index in [2.05, 4.69) is 12.3 Å². The van der Waals surface area contributed by atoms with Crippen molar-refractivity contribution >= 4 is 34.5 Å². The highest BCUT2D eigenvalue weighted by atomic mass is 35.5. The minimum absolute atomic E-state index is 0.0324. The highest BCUT2D eigenvalue weighted by Crippen LogP contribution is 2.36. The molecule has 5 nitrogen and oxygen atoms in total. The first kappa shape index (κ1) is 19.7. The molecule has 0 spiro atoms. The van der Waals surface area contributed by atoms with Crippen LogP contribution < -0.4 is 14.4 Å². The SMILES string of the molecule is CCCc1nc(-c2ccc3c(c2)N(CCOc2ccc(Cl)cc2)C(=O)CO3)cs1. The van der Waals surface area contributed by atoms with Crippen LogP contribution in [0.3, 0.4) is 0 Å². The van der Waals surface area contributed by atoms with Crippen LogP contribution in [0.25, 0.3) is 11.3 Å². The van der Waals surface area contributed by atoms with Crippen molar-refractivity contribution in [1.29, 1.82) is 0 Å². The van der Waals surface area contributed by atoms with E-state index in [1.807, 2.05) is 30.3 Å². The van der Waals surface area contributed by atoms with Crippen LogP contribution >= 0.6 is 22.9 Å². The van der Waals surface area contributed by atoms with Gasteiger partial charge in [0, 0.05) is 16.0 Å². The highest BCUT2D eigenvalue weighted by molar-refractivity contribution is 7.09. The number of aryl methyl sites for hydroxylation is 1. The zero-order chi connectivity index (χ0) is 20.2. The first-order chi connectivity index (χ1) is 14.1. The van der Waals surface area contributed by atoms with E-state index in [1.165, 1.54) is 0 Å². The van der Waals surface area contributed by atoms with E-state index in [-0.39, 0.29) is 12.5 Å². The number of ether oxygens (including phenoxy) is 2. The van der Waals surface area contributed by atoms with Gasteiger partial charge in [0.15, 0.2) is 6.61 Å². The summed E-state index contributed by atoms with van der Waals surface area (Å²) < 4.78 is 11.4. The van der Waals surface area contributed by atoms with Gasteiger partial charge in [-0.25, -0.2) is 4.98 Å². The highest BCUT2D eigenvalue weighted by Gasteiger charge is 2.26. The van der Waals surface area contributed by atoms with Crippen molar-refractivity contribution in [2.24, 2.45) is 0 Å². The van der Waals surface area contributed by atoms with Crippen molar-refractivity contribution in [3.8, 4) is 22.8 Å². The largest absolute Gasteiger partial charge is 0.492 e. The molecule has 0 saturated carbocycles. The van der Waals surface area contributed by atoms with Gasteiger partial charge in [-0.3, -0.25) is 4.79 Å². The number of halogens is 1. The van der Waals surface area contributed by atoms with Crippen LogP contribution in [0.1, 0.15) is 18.4 Å². The molecule has 1 aromatic heterocycles. The number of carbonyl (C=O) groups excluding carboxylic acids is 1. The van der Waals surface area contributed by atoms with Crippen molar-refractivity contribution in [3.63, 3.8) is 0 Å². The minimum Gasteiger partial charge on any atom is -0.492 e. The smallest absolute Gasteiger partial charge is 0.265 e. The molecule has 0 aliphatic carbocycles. The predicted molar refractivity (Wildman–Crippen MR) is 116 cm³/mol. The molecule has 1 amide bonds. The molecule has 1 aliphatic rings. The van der Waals surface area contributed by atoms with E-state index in [0.717, 1.165) is 40.5 Å². The normalized spacial score (nSPS) is 13.2. The molecular weight excluding hydrogens is 408 g/mol. The average molecular weight is 429 g/mol. The Morgan fingerprint density at radius 2 is 2.07 bits per heavy atom. The number of anilines is 1. The van der Waals surface area contributed by atoms with Gasteiger partial charge in [0.2, 0.25) is 0 Å². The zero-order valence-corrected chi connectivity index (χ0v) is 17.6. The van der Waals surface area contributed by atoms with E-state index in [4.69, 9.17) is 26.1 Å². The third-order valence-electron chi connectivity index (χ3n) is 4.61. The molecular formula is C22H21ClN2O3S. The Hall–Kier alpha value is -2.57. The average Bonchev–Trinajstić information content (AvgIpc) is 3.20. The first-order valence-electron chi connectivity index (χ1n) is 9.54. The fourth-order valence-corrected chi connectivity index (χ4v) is 4.20. The summed E-state index contributed by atoms with van der Waals surface area (Å²) in [5.41, 5.74) is 2.66. The summed E-state index contributed by atoms with van der Waals surface area (Å²) in [6, 6.07) is 13.0. The Morgan fingerprint density at radius 3 is 2.86 bits per heavy atom. The van der Waals surface area contributed by atoms with Gasteiger partial charge in [-0.1, -0.05) is 18.5 Å². The van der Waals surface area contributed by atoms with E-state index in [0.29, 0.717) is 23.9 Å². The topological polar surface area (TPSA) is 51.7 Å². The van der Waals surface area contributed by atoms with Crippen molar-refractivity contribution in [1.82, 2.24) is 4.98 Å². The number of benzene rings is 2. The molecule has 0 fully saturated rings. The molecule has 0 atom stereocenters. The Morgan fingerprint density at radius 1 is 1.24 bits per heavy atom. The minimum atomic E-state index is -0.0840. The quantitative estimate of drug-likeness (QED) is 0.517. The molecule has 4 rings (SSSR count). The number of hydrogen-bond acceptors (Lipinski definition) is 5. The van der Waals surface area contributed by atoms with Crippen LogP contribution in [0.4, 0.5) is 5.69 Å². The summed E-state index contributed by atoms with van der Waals surface area (Å²) in [6.45, 7) is 2.98. The van der Waals surface area contributed by atoms with Crippen LogP contribution in [-0.4, -0.2) is 30.6 Å². The standard InChI is InChI=1S/C22H21ClN2O3S/c1-2-3-21-24-18(14-29-21)15-4-9-20-19(12-15)25(22(26)13-28-20)10-11-27-17-7-5-16(23)6-8-17/h4-9,12,14H,2-3,10-11,13H2,1H3. The number of carbonyl (C=O) groups is 1. The van der Waals surface area contributed by atoms with Gasteiger partial charge < -0.3 is 14.4 Å². The van der Waals surface area contributed by atoms with Crippen molar-refractivity contribution in [3.05, 3.63) is 57.9 Å². The van der Waals surface area contributed by atoms with E-state index in [1.54, 1.807) is 28.4 Å². The molecule has 0 unspecified atom stereocenters. The molecule has 0 saturated heterocycles. The Labute approximate surface area is 178 Å². The Kier molecular flexibility index (Phi) is 6.02. The predicted octanol–water partition coefficient (Wildman–Crippen LogP) is 5.22. The van der Waals surface area contributed by atoms with Gasteiger partial charge in [0.05, 0.1) is 22.9 Å². The summed E-state index contributed by atoms with van der Waals surface area (Å²) in [7, 11) is 0. The maximum absolute atomic E-state index is 12.5. The molecule has 0 N–H and O–H groups in total. The monoisotopic (exact) mass is 428 g/mol. The third kappa shape index (κ3) is 4.54. The van der Waals surface area contributed by atoms with Crippen LogP contribution in [0.15, 0.2) is 47.8 Å². The van der Waals surface area contributed by atoms with Crippen molar-refractivity contribution in [2.45, 2.75) is 19.8 Å². The molecule has 1 aliphatic heterocycles. The second-order valence-corrected chi connectivity index (χ2v) is 8.07. The molecule has 7 heteroatoms. The third-order valence-corrected chi connectivity index (χ3v) is 5.77. The molecule has 0 radical (unpaired) electrons. The van der Waals surface area contributed by atoms with Gasteiger partial charge in [-0.2, -0.15) is 0 Å². The van der Waals surface area contributed by atoms with E-state index in [9.17, 15) is 4.79 Å². The molecule has 150 valence electrons. The van der Waals surface area contributed by atoms with Crippen LogP contribution in [0.2, 0.25) is 5.02 Å².